The van der Waals surface area contributed by atoms with Crippen LogP contribution in [0.15, 0.2) is 12.1 Å². The molecule has 0 radical (unpaired) electrons. The van der Waals surface area contributed by atoms with E-state index in [1.165, 1.54) is 6.07 Å². The summed E-state index contributed by atoms with van der Waals surface area (Å²) in [5, 5.41) is 0.234. The van der Waals surface area contributed by atoms with Crippen molar-refractivity contribution in [2.75, 3.05) is 13.6 Å². The van der Waals surface area contributed by atoms with E-state index in [0.29, 0.717) is 18.5 Å². The first kappa shape index (κ1) is 11.7. The Labute approximate surface area is 96.8 Å². The van der Waals surface area contributed by atoms with Crippen LogP contribution in [0.5, 0.6) is 0 Å². The minimum Gasteiger partial charge on any atom is -0.302 e. The molecule has 0 fully saturated rings. The molecule has 0 atom stereocenters. The minimum absolute atomic E-state index is 0.234. The molecule has 1 aliphatic rings. The van der Waals surface area contributed by atoms with Gasteiger partial charge in [-0.25, -0.2) is 0 Å². The first-order chi connectivity index (χ1) is 7.38. The van der Waals surface area contributed by atoms with Crippen molar-refractivity contribution in [3.05, 3.63) is 33.8 Å². The Hall–Kier alpha value is -0.740. The molecule has 16 heavy (non-hydrogen) atoms. The van der Waals surface area contributed by atoms with E-state index >= 15 is 0 Å². The zero-order chi connectivity index (χ0) is 11.9. The van der Waals surface area contributed by atoms with Crippen LogP contribution in [0, 0.1) is 0 Å². The summed E-state index contributed by atoms with van der Waals surface area (Å²) in [6, 6.07) is 2.22. The molecule has 0 unspecified atom stereocenters. The second kappa shape index (κ2) is 3.93. The van der Waals surface area contributed by atoms with Crippen LogP contribution >= 0.6 is 11.6 Å². The largest absolute Gasteiger partial charge is 0.416 e. The van der Waals surface area contributed by atoms with Crippen molar-refractivity contribution in [3.8, 4) is 0 Å². The topological polar surface area (TPSA) is 3.24 Å². The van der Waals surface area contributed by atoms with Crippen LogP contribution in [0.4, 0.5) is 13.2 Å². The SMILES string of the molecule is CN1CCc2c(Cl)cc(C(F)(F)F)cc2C1. The van der Waals surface area contributed by atoms with Crippen LogP contribution in [0.2, 0.25) is 5.02 Å². The van der Waals surface area contributed by atoms with E-state index < -0.39 is 11.7 Å². The van der Waals surface area contributed by atoms with Crippen LogP contribution in [-0.2, 0) is 19.1 Å². The summed E-state index contributed by atoms with van der Waals surface area (Å²) in [6.07, 6.45) is -3.61. The maximum Gasteiger partial charge on any atom is 0.416 e. The second-order valence-corrected chi connectivity index (χ2v) is 4.49. The molecular formula is C11H11ClF3N. The lowest BCUT2D eigenvalue weighted by molar-refractivity contribution is -0.137. The molecule has 5 heteroatoms. The predicted octanol–water partition coefficient (Wildman–Crippen LogP) is 3.35. The third kappa shape index (κ3) is 2.18. The van der Waals surface area contributed by atoms with Gasteiger partial charge >= 0.3 is 6.18 Å². The second-order valence-electron chi connectivity index (χ2n) is 4.08. The zero-order valence-corrected chi connectivity index (χ0v) is 9.49. The van der Waals surface area contributed by atoms with Gasteiger partial charge in [0.1, 0.15) is 0 Å². The van der Waals surface area contributed by atoms with Gasteiger partial charge in [0.25, 0.3) is 0 Å². The quantitative estimate of drug-likeness (QED) is 0.682. The number of fused-ring (bicyclic) bond motifs is 1. The molecule has 0 saturated heterocycles. The summed E-state index contributed by atoms with van der Waals surface area (Å²) in [7, 11) is 1.89. The van der Waals surface area contributed by atoms with Crippen LogP contribution < -0.4 is 0 Å². The van der Waals surface area contributed by atoms with Crippen molar-refractivity contribution in [2.45, 2.75) is 19.1 Å². The number of alkyl halides is 3. The summed E-state index contributed by atoms with van der Waals surface area (Å²) in [5.74, 6) is 0. The molecule has 0 saturated carbocycles. The van der Waals surface area contributed by atoms with Crippen molar-refractivity contribution in [3.63, 3.8) is 0 Å². The summed E-state index contributed by atoms with van der Waals surface area (Å²) >= 11 is 5.88. The van der Waals surface area contributed by atoms with Crippen molar-refractivity contribution in [1.29, 1.82) is 0 Å². The molecule has 0 aromatic heterocycles. The van der Waals surface area contributed by atoms with Gasteiger partial charge in [0, 0.05) is 18.1 Å². The van der Waals surface area contributed by atoms with Gasteiger partial charge in [-0.05, 0) is 36.7 Å². The molecule has 0 N–H and O–H groups in total. The highest BCUT2D eigenvalue weighted by Gasteiger charge is 2.32. The number of benzene rings is 1. The lowest BCUT2D eigenvalue weighted by atomic mass is 9.97. The highest BCUT2D eigenvalue weighted by Crippen LogP contribution is 2.35. The molecule has 1 aliphatic heterocycles. The smallest absolute Gasteiger partial charge is 0.302 e. The van der Waals surface area contributed by atoms with E-state index in [9.17, 15) is 13.2 Å². The Kier molecular flexibility index (Phi) is 2.88. The highest BCUT2D eigenvalue weighted by atomic mass is 35.5. The third-order valence-electron chi connectivity index (χ3n) is 2.80. The van der Waals surface area contributed by atoms with E-state index in [4.69, 9.17) is 11.6 Å². The Balaban J connectivity index is 2.48. The molecule has 2 rings (SSSR count). The molecule has 0 spiro atoms. The van der Waals surface area contributed by atoms with Crippen molar-refractivity contribution in [2.24, 2.45) is 0 Å². The first-order valence-electron chi connectivity index (χ1n) is 4.95. The van der Waals surface area contributed by atoms with Crippen LogP contribution in [0.25, 0.3) is 0 Å². The molecule has 1 heterocycles. The standard InChI is InChI=1S/C11H11ClF3N/c1-16-3-2-9-7(6-16)4-8(5-10(9)12)11(13,14)15/h4-5H,2-3,6H2,1H3. The molecule has 0 bridgehead atoms. The van der Waals surface area contributed by atoms with Gasteiger partial charge in [0.15, 0.2) is 0 Å². The highest BCUT2D eigenvalue weighted by molar-refractivity contribution is 6.31. The number of hydrogen-bond acceptors (Lipinski definition) is 1. The molecule has 0 amide bonds. The maximum absolute atomic E-state index is 12.6. The zero-order valence-electron chi connectivity index (χ0n) is 8.74. The molecule has 1 aromatic rings. The number of likely N-dealkylation sites (N-methyl/N-ethyl adjacent to an activating group) is 1. The predicted molar refractivity (Wildman–Crippen MR) is 56.5 cm³/mol. The summed E-state index contributed by atoms with van der Waals surface area (Å²) in [4.78, 5) is 1.98. The summed E-state index contributed by atoms with van der Waals surface area (Å²) in [6.45, 7) is 1.36. The molecule has 1 nitrogen and oxygen atoms in total. The maximum atomic E-state index is 12.6. The van der Waals surface area contributed by atoms with Crippen molar-refractivity contribution >= 4 is 11.6 Å². The normalized spacial score (nSPS) is 17.3. The van der Waals surface area contributed by atoms with E-state index in [2.05, 4.69) is 0 Å². The van der Waals surface area contributed by atoms with Crippen LogP contribution in [0.1, 0.15) is 16.7 Å². The fraction of sp³-hybridized carbons (Fsp3) is 0.455. The summed E-state index contributed by atoms with van der Waals surface area (Å²) in [5.41, 5.74) is 0.882. The average molecular weight is 250 g/mol. The Morgan fingerprint density at radius 2 is 2.00 bits per heavy atom. The van der Waals surface area contributed by atoms with Gasteiger partial charge < -0.3 is 4.90 Å². The number of rotatable bonds is 0. The molecule has 88 valence electrons. The Morgan fingerprint density at radius 3 is 2.62 bits per heavy atom. The lowest BCUT2D eigenvalue weighted by Gasteiger charge is -2.26. The number of nitrogens with zero attached hydrogens (tertiary/aromatic N) is 1. The summed E-state index contributed by atoms with van der Waals surface area (Å²) < 4.78 is 37.7. The first-order valence-corrected chi connectivity index (χ1v) is 5.33. The van der Waals surface area contributed by atoms with E-state index in [1.54, 1.807) is 0 Å². The molecule has 0 aliphatic carbocycles. The van der Waals surface area contributed by atoms with Crippen LogP contribution in [-0.4, -0.2) is 18.5 Å². The van der Waals surface area contributed by atoms with Gasteiger partial charge in [-0.1, -0.05) is 11.6 Å². The number of halogens is 4. The van der Waals surface area contributed by atoms with E-state index in [-0.39, 0.29) is 5.02 Å². The molecule has 1 aromatic carbocycles. The fourth-order valence-corrected chi connectivity index (χ4v) is 2.28. The van der Waals surface area contributed by atoms with E-state index in [1.807, 2.05) is 11.9 Å². The van der Waals surface area contributed by atoms with Gasteiger partial charge in [-0.2, -0.15) is 13.2 Å². The Morgan fingerprint density at radius 1 is 1.31 bits per heavy atom. The fourth-order valence-electron chi connectivity index (χ4n) is 1.95. The lowest BCUT2D eigenvalue weighted by Crippen LogP contribution is -2.27. The van der Waals surface area contributed by atoms with Crippen molar-refractivity contribution < 1.29 is 13.2 Å². The van der Waals surface area contributed by atoms with Gasteiger partial charge in [-0.3, -0.25) is 0 Å². The van der Waals surface area contributed by atoms with Gasteiger partial charge in [0.2, 0.25) is 0 Å². The Bertz CT molecular complexity index is 414. The average Bonchev–Trinajstić information content (AvgIpc) is 2.15. The number of hydrogen-bond donors (Lipinski definition) is 0. The van der Waals surface area contributed by atoms with Gasteiger partial charge in [0.05, 0.1) is 5.56 Å². The van der Waals surface area contributed by atoms with Gasteiger partial charge in [-0.15, -0.1) is 0 Å². The van der Waals surface area contributed by atoms with Crippen molar-refractivity contribution in [1.82, 2.24) is 4.90 Å². The minimum atomic E-state index is -4.32. The molecular weight excluding hydrogens is 239 g/mol. The van der Waals surface area contributed by atoms with E-state index in [0.717, 1.165) is 18.2 Å². The van der Waals surface area contributed by atoms with Crippen LogP contribution in [0.3, 0.4) is 0 Å². The monoisotopic (exact) mass is 249 g/mol. The third-order valence-corrected chi connectivity index (χ3v) is 3.14.